The van der Waals surface area contributed by atoms with Gasteiger partial charge in [0.05, 0.1) is 11.9 Å². The van der Waals surface area contributed by atoms with Crippen LogP contribution in [0, 0.1) is 11.8 Å². The van der Waals surface area contributed by atoms with Crippen LogP contribution in [0.5, 0.6) is 0 Å². The number of aliphatic hydroxyl groups excluding tert-OH is 1. The summed E-state index contributed by atoms with van der Waals surface area (Å²) in [6, 6.07) is 6.19. The molecule has 5 aliphatic rings. The molecule has 52 heavy (non-hydrogen) atoms. The molecular weight excluding hydrogens is 660 g/mol. The minimum absolute atomic E-state index is 0.0131. The maximum atomic E-state index is 14.6. The highest BCUT2D eigenvalue weighted by Crippen LogP contribution is 2.59. The summed E-state index contributed by atoms with van der Waals surface area (Å²) in [5.74, 6) is -0.818. The SMILES string of the molecule is CCN[C@@H]1C=C2C=CCC[C@H]2C[C@H]1[C@H](CCCO)OC(=O)[C@]12O[C@@]1(C/C=C(\C)C[C@@H](NC(N)=NC)C1=CCNC(N)=C1)C(=O)c1ccccc1C2=O. The summed E-state index contributed by atoms with van der Waals surface area (Å²) >= 11 is 0. The van der Waals surface area contributed by atoms with Gasteiger partial charge in [-0.1, -0.05) is 67.1 Å². The number of nitrogens with zero attached hydrogens (tertiary/aromatic N) is 1. The van der Waals surface area contributed by atoms with Crippen LogP contribution in [0.2, 0.25) is 0 Å². The molecule has 3 aliphatic carbocycles. The van der Waals surface area contributed by atoms with Gasteiger partial charge in [-0.25, -0.2) is 4.79 Å². The average molecular weight is 713 g/mol. The first-order valence-corrected chi connectivity index (χ1v) is 18.5. The van der Waals surface area contributed by atoms with Crippen LogP contribution in [0.3, 0.4) is 0 Å². The van der Waals surface area contributed by atoms with E-state index in [1.807, 2.05) is 32.1 Å². The van der Waals surface area contributed by atoms with Crippen molar-refractivity contribution >= 4 is 23.5 Å². The van der Waals surface area contributed by atoms with E-state index in [2.05, 4.69) is 39.2 Å². The normalized spacial score (nSPS) is 29.3. The Labute approximate surface area is 305 Å². The highest BCUT2D eigenvalue weighted by atomic mass is 16.7. The molecule has 6 rings (SSSR count). The molecule has 0 amide bonds. The van der Waals surface area contributed by atoms with Gasteiger partial charge in [-0.05, 0) is 75.1 Å². The van der Waals surface area contributed by atoms with Gasteiger partial charge < -0.3 is 42.0 Å². The first-order valence-electron chi connectivity index (χ1n) is 18.5. The van der Waals surface area contributed by atoms with Crippen molar-refractivity contribution in [2.24, 2.45) is 28.3 Å². The number of hydrogen-bond donors (Lipinski definition) is 6. The van der Waals surface area contributed by atoms with Gasteiger partial charge in [-0.3, -0.25) is 14.6 Å². The molecule has 0 aromatic heterocycles. The highest BCUT2D eigenvalue weighted by molar-refractivity contribution is 6.32. The number of benzene rings is 1. The molecule has 278 valence electrons. The number of carbonyl (C=O) groups is 3. The predicted octanol–water partition coefficient (Wildman–Crippen LogP) is 3.11. The van der Waals surface area contributed by atoms with E-state index in [0.717, 1.165) is 37.0 Å². The monoisotopic (exact) mass is 712 g/mol. The minimum Gasteiger partial charge on any atom is -0.459 e. The zero-order valence-corrected chi connectivity index (χ0v) is 30.3. The van der Waals surface area contributed by atoms with Gasteiger partial charge in [0.2, 0.25) is 5.78 Å². The lowest BCUT2D eigenvalue weighted by Crippen LogP contribution is -2.53. The van der Waals surface area contributed by atoms with E-state index in [1.54, 1.807) is 31.3 Å². The Kier molecular flexibility index (Phi) is 11.2. The summed E-state index contributed by atoms with van der Waals surface area (Å²) in [5.41, 5.74) is 11.7. The third-order valence-electron chi connectivity index (χ3n) is 11.1. The van der Waals surface area contributed by atoms with Gasteiger partial charge in [0.1, 0.15) is 6.10 Å². The number of dihydropyridines is 1. The van der Waals surface area contributed by atoms with Gasteiger partial charge in [0.15, 0.2) is 17.3 Å². The number of ether oxygens (including phenoxy) is 2. The standard InChI is InChI=1S/C40H52N6O6/c1-4-44-32-22-26-11-6-5-10-25(26)21-30(32)33(14-9-19-47)51-37(50)40-36(49)29-13-8-7-12-28(29)35(48)39(40,52-40)17-15-24(2)20-31(46-38(42)43-3)27-16-18-45-34(41)23-27/h6-8,11-13,15-16,22-23,25,30-33,44-45,47H,4-5,9-10,14,17-21,41H2,1-3H3,(H3,42,43,46)/b24-15+/t25-,30+,31+,32+,33-,39-,40-/m0/s1. The Balaban J connectivity index is 1.30. The Hall–Kier alpha value is -4.52. The lowest BCUT2D eigenvalue weighted by atomic mass is 9.71. The van der Waals surface area contributed by atoms with Crippen molar-refractivity contribution in [2.45, 2.75) is 88.2 Å². The van der Waals surface area contributed by atoms with Gasteiger partial charge in [0, 0.05) is 49.7 Å². The Morgan fingerprint density at radius 2 is 2.02 bits per heavy atom. The van der Waals surface area contributed by atoms with Crippen LogP contribution in [-0.4, -0.2) is 84.7 Å². The van der Waals surface area contributed by atoms with Crippen LogP contribution in [0.15, 0.2) is 88.3 Å². The number of carbonyl (C=O) groups excluding carboxylic acids is 3. The average Bonchev–Trinajstić information content (AvgIpc) is 3.86. The van der Waals surface area contributed by atoms with Crippen LogP contribution in [0.25, 0.3) is 0 Å². The molecule has 0 spiro atoms. The smallest absolute Gasteiger partial charge is 0.350 e. The number of esters is 1. The molecule has 2 aliphatic heterocycles. The largest absolute Gasteiger partial charge is 0.459 e. The molecule has 1 fully saturated rings. The van der Waals surface area contributed by atoms with Crippen LogP contribution in [0.1, 0.15) is 79.5 Å². The highest BCUT2D eigenvalue weighted by Gasteiger charge is 2.85. The van der Waals surface area contributed by atoms with E-state index in [1.165, 1.54) is 5.57 Å². The molecule has 1 aromatic carbocycles. The second-order valence-corrected chi connectivity index (χ2v) is 14.4. The van der Waals surface area contributed by atoms with E-state index in [4.69, 9.17) is 20.9 Å². The second-order valence-electron chi connectivity index (χ2n) is 14.4. The lowest BCUT2D eigenvalue weighted by Gasteiger charge is -2.40. The summed E-state index contributed by atoms with van der Waals surface area (Å²) in [6.07, 6.45) is 15.8. The predicted molar refractivity (Wildman–Crippen MR) is 199 cm³/mol. The van der Waals surface area contributed by atoms with E-state index in [0.29, 0.717) is 37.5 Å². The quantitative estimate of drug-likeness (QED) is 0.0415. The number of ketones is 2. The van der Waals surface area contributed by atoms with E-state index < -0.39 is 34.8 Å². The number of aliphatic imine (C=N–C) groups is 1. The van der Waals surface area contributed by atoms with Crippen molar-refractivity contribution in [2.75, 3.05) is 26.7 Å². The maximum absolute atomic E-state index is 14.6. The van der Waals surface area contributed by atoms with Crippen molar-refractivity contribution in [3.05, 3.63) is 94.4 Å². The topological polar surface area (TPSA) is 194 Å². The van der Waals surface area contributed by atoms with Gasteiger partial charge in [-0.2, -0.15) is 0 Å². The van der Waals surface area contributed by atoms with Crippen LogP contribution < -0.4 is 27.4 Å². The van der Waals surface area contributed by atoms with Crippen LogP contribution in [0.4, 0.5) is 0 Å². The van der Waals surface area contributed by atoms with Gasteiger partial charge >= 0.3 is 5.97 Å². The van der Waals surface area contributed by atoms with Crippen molar-refractivity contribution in [1.82, 2.24) is 16.0 Å². The van der Waals surface area contributed by atoms with Crippen LogP contribution in [-0.2, 0) is 14.3 Å². The number of fused-ring (bicyclic) bond motifs is 3. The minimum atomic E-state index is -2.12. The summed E-state index contributed by atoms with van der Waals surface area (Å²) < 4.78 is 12.6. The number of aliphatic hydroxyl groups is 1. The van der Waals surface area contributed by atoms with Crippen molar-refractivity contribution in [3.63, 3.8) is 0 Å². The molecular formula is C40H52N6O6. The van der Waals surface area contributed by atoms with E-state index in [-0.39, 0.29) is 48.1 Å². The van der Waals surface area contributed by atoms with Crippen molar-refractivity contribution in [1.29, 1.82) is 0 Å². The molecule has 7 atom stereocenters. The molecule has 2 heterocycles. The van der Waals surface area contributed by atoms with Crippen molar-refractivity contribution < 1.29 is 29.0 Å². The number of rotatable bonds is 14. The maximum Gasteiger partial charge on any atom is 0.350 e. The number of nitrogens with one attached hydrogen (secondary N) is 3. The molecule has 8 N–H and O–H groups in total. The molecule has 1 aromatic rings. The summed E-state index contributed by atoms with van der Waals surface area (Å²) in [4.78, 5) is 47.4. The first kappa shape index (κ1) is 37.2. The van der Waals surface area contributed by atoms with Crippen LogP contribution >= 0.6 is 0 Å². The molecule has 0 saturated carbocycles. The molecule has 1 saturated heterocycles. The fourth-order valence-electron chi connectivity index (χ4n) is 8.35. The molecule has 0 unspecified atom stereocenters. The number of Topliss-reactive ketones (excluding diaryl/α,β-unsaturated/α-hetero) is 2. The Morgan fingerprint density at radius 1 is 1.25 bits per heavy atom. The van der Waals surface area contributed by atoms with Gasteiger partial charge in [0.25, 0.3) is 5.60 Å². The van der Waals surface area contributed by atoms with Crippen molar-refractivity contribution in [3.8, 4) is 0 Å². The number of allylic oxidation sites excluding steroid dienone is 3. The second kappa shape index (κ2) is 15.6. The van der Waals surface area contributed by atoms with E-state index >= 15 is 0 Å². The number of hydrogen-bond acceptors (Lipinski definition) is 10. The zero-order chi connectivity index (χ0) is 37.0. The number of nitrogens with two attached hydrogens (primary N) is 2. The van der Waals surface area contributed by atoms with E-state index in [9.17, 15) is 19.5 Å². The molecule has 0 bridgehead atoms. The lowest BCUT2D eigenvalue weighted by molar-refractivity contribution is -0.158. The summed E-state index contributed by atoms with van der Waals surface area (Å²) in [5, 5.41) is 19.7. The Morgan fingerprint density at radius 3 is 2.73 bits per heavy atom. The third kappa shape index (κ3) is 6.99. The zero-order valence-electron chi connectivity index (χ0n) is 30.3. The number of guanidine groups is 1. The number of epoxide rings is 1. The fraction of sp³-hybridized carbons (Fsp3) is 0.500. The molecule has 0 radical (unpaired) electrons. The first-order chi connectivity index (χ1) is 25.1. The summed E-state index contributed by atoms with van der Waals surface area (Å²) in [7, 11) is 1.60. The Bertz CT molecular complexity index is 1760. The third-order valence-corrected chi connectivity index (χ3v) is 11.1. The summed E-state index contributed by atoms with van der Waals surface area (Å²) in [6.45, 7) is 5.17. The molecule has 12 nitrogen and oxygen atoms in total. The van der Waals surface area contributed by atoms with Gasteiger partial charge in [-0.15, -0.1) is 0 Å². The fourth-order valence-corrected chi connectivity index (χ4v) is 8.35. The number of likely N-dealkylation sites (N-methyl/N-ethyl adjacent to an activating group) is 1. The molecule has 12 heteroatoms.